The summed E-state index contributed by atoms with van der Waals surface area (Å²) in [5, 5.41) is 7.58. The molecule has 1 amide bonds. The number of morpholine rings is 1. The van der Waals surface area contributed by atoms with Gasteiger partial charge in [0.1, 0.15) is 0 Å². The average Bonchev–Trinajstić information content (AvgIpc) is 2.74. The largest absolute Gasteiger partial charge is 0.378 e. The van der Waals surface area contributed by atoms with E-state index in [2.05, 4.69) is 10.4 Å². The van der Waals surface area contributed by atoms with E-state index in [0.29, 0.717) is 26.2 Å². The molecule has 0 unspecified atom stereocenters. The van der Waals surface area contributed by atoms with Crippen LogP contribution in [0.2, 0.25) is 0 Å². The van der Waals surface area contributed by atoms with Gasteiger partial charge in [-0.25, -0.2) is 0 Å². The number of carbonyl (C=O) groups excluding carboxylic acids is 1. The first-order chi connectivity index (χ1) is 9.16. The van der Waals surface area contributed by atoms with Crippen molar-refractivity contribution >= 4 is 5.91 Å². The third-order valence-corrected chi connectivity index (χ3v) is 3.31. The summed E-state index contributed by atoms with van der Waals surface area (Å²) in [7, 11) is 1.92. The number of rotatable bonds is 5. The molecule has 0 atom stereocenters. The van der Waals surface area contributed by atoms with Crippen LogP contribution in [0.25, 0.3) is 0 Å². The van der Waals surface area contributed by atoms with E-state index in [1.807, 2.05) is 29.7 Å². The van der Waals surface area contributed by atoms with Gasteiger partial charge in [0.05, 0.1) is 18.9 Å². The molecule has 2 rings (SSSR count). The molecular formula is C13H22N4O2. The SMILES string of the molecule is Cc1nn(C)cc1CNCCC(=O)N1CCOCC1. The molecule has 1 aromatic rings. The molecule has 1 aromatic heterocycles. The normalized spacial score (nSPS) is 15.8. The number of carbonyl (C=O) groups is 1. The van der Waals surface area contributed by atoms with Gasteiger partial charge in [-0.3, -0.25) is 9.48 Å². The highest BCUT2D eigenvalue weighted by Gasteiger charge is 2.15. The highest BCUT2D eigenvalue weighted by Crippen LogP contribution is 2.04. The lowest BCUT2D eigenvalue weighted by Crippen LogP contribution is -2.41. The molecule has 0 saturated carbocycles. The van der Waals surface area contributed by atoms with E-state index in [-0.39, 0.29) is 5.91 Å². The Labute approximate surface area is 113 Å². The Morgan fingerprint density at radius 1 is 1.47 bits per heavy atom. The number of nitrogens with zero attached hydrogens (tertiary/aromatic N) is 3. The summed E-state index contributed by atoms with van der Waals surface area (Å²) in [4.78, 5) is 13.8. The summed E-state index contributed by atoms with van der Waals surface area (Å²) in [5.74, 6) is 0.207. The first-order valence-corrected chi connectivity index (χ1v) is 6.72. The standard InChI is InChI=1S/C13H22N4O2/c1-11-12(10-16(2)15-11)9-14-4-3-13(18)17-5-7-19-8-6-17/h10,14H,3-9H2,1-2H3. The van der Waals surface area contributed by atoms with E-state index in [9.17, 15) is 4.79 Å². The van der Waals surface area contributed by atoms with Gasteiger partial charge in [0.2, 0.25) is 5.91 Å². The van der Waals surface area contributed by atoms with Crippen LogP contribution in [-0.2, 0) is 23.1 Å². The van der Waals surface area contributed by atoms with Crippen LogP contribution in [0, 0.1) is 6.92 Å². The Balaban J connectivity index is 1.66. The van der Waals surface area contributed by atoms with Crippen LogP contribution in [0.4, 0.5) is 0 Å². The molecule has 6 heteroatoms. The predicted molar refractivity (Wildman–Crippen MR) is 71.7 cm³/mol. The van der Waals surface area contributed by atoms with E-state index in [4.69, 9.17) is 4.74 Å². The van der Waals surface area contributed by atoms with Crippen molar-refractivity contribution in [1.29, 1.82) is 0 Å². The highest BCUT2D eigenvalue weighted by atomic mass is 16.5. The summed E-state index contributed by atoms with van der Waals surface area (Å²) < 4.78 is 7.04. The van der Waals surface area contributed by atoms with Crippen LogP contribution in [0.5, 0.6) is 0 Å². The smallest absolute Gasteiger partial charge is 0.224 e. The molecule has 1 saturated heterocycles. The summed E-state index contributed by atoms with van der Waals surface area (Å²) in [6, 6.07) is 0. The molecule has 1 aliphatic rings. The molecule has 0 aliphatic carbocycles. The van der Waals surface area contributed by atoms with Crippen LogP contribution < -0.4 is 5.32 Å². The van der Waals surface area contributed by atoms with E-state index >= 15 is 0 Å². The maximum Gasteiger partial charge on any atom is 0.224 e. The predicted octanol–water partition coefficient (Wildman–Crippen LogP) is 0.0670. The first kappa shape index (κ1) is 14.0. The van der Waals surface area contributed by atoms with Crippen molar-refractivity contribution < 1.29 is 9.53 Å². The van der Waals surface area contributed by atoms with Gasteiger partial charge in [0.25, 0.3) is 0 Å². The van der Waals surface area contributed by atoms with Gasteiger partial charge in [-0.1, -0.05) is 0 Å². The minimum atomic E-state index is 0.207. The van der Waals surface area contributed by atoms with Crippen molar-refractivity contribution in [1.82, 2.24) is 20.0 Å². The van der Waals surface area contributed by atoms with Gasteiger partial charge in [-0.15, -0.1) is 0 Å². The quantitative estimate of drug-likeness (QED) is 0.766. The fourth-order valence-electron chi connectivity index (χ4n) is 2.21. The maximum atomic E-state index is 11.9. The van der Waals surface area contributed by atoms with Crippen molar-refractivity contribution in [3.63, 3.8) is 0 Å². The Hall–Kier alpha value is -1.40. The fraction of sp³-hybridized carbons (Fsp3) is 0.692. The summed E-state index contributed by atoms with van der Waals surface area (Å²) >= 11 is 0. The van der Waals surface area contributed by atoms with Gasteiger partial charge >= 0.3 is 0 Å². The van der Waals surface area contributed by atoms with Crippen molar-refractivity contribution in [2.45, 2.75) is 19.9 Å². The Kier molecular flexibility index (Phi) is 4.93. The van der Waals surface area contributed by atoms with Gasteiger partial charge in [-0.2, -0.15) is 5.10 Å². The molecule has 0 bridgehead atoms. The van der Waals surface area contributed by atoms with E-state index in [1.165, 1.54) is 5.56 Å². The van der Waals surface area contributed by atoms with E-state index in [1.54, 1.807) is 0 Å². The van der Waals surface area contributed by atoms with Crippen LogP contribution >= 0.6 is 0 Å². The number of aryl methyl sites for hydroxylation is 2. The molecule has 0 radical (unpaired) electrons. The van der Waals surface area contributed by atoms with E-state index < -0.39 is 0 Å². The van der Waals surface area contributed by atoms with Gasteiger partial charge in [0, 0.05) is 51.4 Å². The average molecular weight is 266 g/mol. The Morgan fingerprint density at radius 3 is 2.84 bits per heavy atom. The third kappa shape index (κ3) is 4.04. The van der Waals surface area contributed by atoms with Gasteiger partial charge < -0.3 is 15.0 Å². The topological polar surface area (TPSA) is 59.4 Å². The molecular weight excluding hydrogens is 244 g/mol. The fourth-order valence-corrected chi connectivity index (χ4v) is 2.21. The Morgan fingerprint density at radius 2 is 2.21 bits per heavy atom. The molecule has 1 aliphatic heterocycles. The molecule has 2 heterocycles. The lowest BCUT2D eigenvalue weighted by Gasteiger charge is -2.26. The van der Waals surface area contributed by atoms with E-state index in [0.717, 1.165) is 25.3 Å². The minimum absolute atomic E-state index is 0.207. The zero-order valence-corrected chi connectivity index (χ0v) is 11.7. The summed E-state index contributed by atoms with van der Waals surface area (Å²) in [6.45, 7) is 6.22. The lowest BCUT2D eigenvalue weighted by molar-refractivity contribution is -0.135. The molecule has 1 fully saturated rings. The molecule has 106 valence electrons. The molecule has 0 aromatic carbocycles. The molecule has 1 N–H and O–H groups in total. The van der Waals surface area contributed by atoms with Gasteiger partial charge in [-0.05, 0) is 6.92 Å². The minimum Gasteiger partial charge on any atom is -0.378 e. The Bertz CT molecular complexity index is 424. The zero-order chi connectivity index (χ0) is 13.7. The van der Waals surface area contributed by atoms with Crippen LogP contribution in [0.3, 0.4) is 0 Å². The lowest BCUT2D eigenvalue weighted by atomic mass is 10.2. The van der Waals surface area contributed by atoms with Crippen molar-refractivity contribution in [2.75, 3.05) is 32.8 Å². The first-order valence-electron chi connectivity index (χ1n) is 6.72. The molecule has 0 spiro atoms. The summed E-state index contributed by atoms with van der Waals surface area (Å²) in [6.07, 6.45) is 2.55. The zero-order valence-electron chi connectivity index (χ0n) is 11.7. The molecule has 6 nitrogen and oxygen atoms in total. The second-order valence-electron chi connectivity index (χ2n) is 4.83. The number of nitrogens with one attached hydrogen (secondary N) is 1. The third-order valence-electron chi connectivity index (χ3n) is 3.31. The number of ether oxygens (including phenoxy) is 1. The second-order valence-corrected chi connectivity index (χ2v) is 4.83. The second kappa shape index (κ2) is 6.68. The number of hydrogen-bond acceptors (Lipinski definition) is 4. The number of hydrogen-bond donors (Lipinski definition) is 1. The number of amides is 1. The summed E-state index contributed by atoms with van der Waals surface area (Å²) in [5.41, 5.74) is 2.22. The van der Waals surface area contributed by atoms with Crippen molar-refractivity contribution in [3.8, 4) is 0 Å². The van der Waals surface area contributed by atoms with Crippen molar-refractivity contribution in [3.05, 3.63) is 17.5 Å². The highest BCUT2D eigenvalue weighted by molar-refractivity contribution is 5.76. The molecule has 19 heavy (non-hydrogen) atoms. The van der Waals surface area contributed by atoms with Gasteiger partial charge in [0.15, 0.2) is 0 Å². The monoisotopic (exact) mass is 266 g/mol. The maximum absolute atomic E-state index is 11.9. The van der Waals surface area contributed by atoms with Crippen LogP contribution in [0.1, 0.15) is 17.7 Å². The van der Waals surface area contributed by atoms with Crippen LogP contribution in [-0.4, -0.2) is 53.4 Å². The number of aromatic nitrogens is 2. The van der Waals surface area contributed by atoms with Crippen LogP contribution in [0.15, 0.2) is 6.20 Å². The van der Waals surface area contributed by atoms with Crippen molar-refractivity contribution in [2.24, 2.45) is 7.05 Å².